The fraction of sp³-hybridized carbons (Fsp3) is 0.500. The maximum absolute atomic E-state index is 10.9. The van der Waals surface area contributed by atoms with Crippen LogP contribution in [0.1, 0.15) is 49.5 Å². The van der Waals surface area contributed by atoms with E-state index in [9.17, 15) is 10.1 Å². The molecule has 1 saturated carbocycles. The third-order valence-corrected chi connectivity index (χ3v) is 5.07. The van der Waals surface area contributed by atoms with Crippen molar-refractivity contribution in [2.45, 2.75) is 49.1 Å². The molecule has 1 heterocycles. The molecule has 0 aliphatic heterocycles. The zero-order chi connectivity index (χ0) is 15.5. The molecule has 1 fully saturated rings. The highest BCUT2D eigenvalue weighted by atomic mass is 32.2. The minimum Gasteiger partial charge on any atom is -0.258 e. The Balaban J connectivity index is 1.77. The topological polar surface area (TPSA) is 86.7 Å². The summed E-state index contributed by atoms with van der Waals surface area (Å²) in [6.07, 6.45) is 4.66. The van der Waals surface area contributed by atoms with E-state index in [1.54, 1.807) is 23.9 Å². The van der Waals surface area contributed by atoms with Crippen LogP contribution >= 0.6 is 11.8 Å². The SMILES string of the molecule is C[C@@H](Sc1nnnn1C1CCCC1)c1cccc([N+](=O)[O-])c1. The molecule has 3 rings (SSSR count). The zero-order valence-electron chi connectivity index (χ0n) is 12.3. The number of thioether (sulfide) groups is 1. The van der Waals surface area contributed by atoms with Crippen LogP contribution in [0.2, 0.25) is 0 Å². The number of hydrogen-bond acceptors (Lipinski definition) is 6. The Morgan fingerprint density at radius 3 is 2.91 bits per heavy atom. The van der Waals surface area contributed by atoms with Crippen LogP contribution in [0.15, 0.2) is 29.4 Å². The van der Waals surface area contributed by atoms with Crippen LogP contribution in [0.4, 0.5) is 5.69 Å². The van der Waals surface area contributed by atoms with E-state index in [0.29, 0.717) is 6.04 Å². The summed E-state index contributed by atoms with van der Waals surface area (Å²) in [7, 11) is 0. The predicted molar refractivity (Wildman–Crippen MR) is 82.7 cm³/mol. The molecule has 0 amide bonds. The normalized spacial score (nSPS) is 16.8. The lowest BCUT2D eigenvalue weighted by Crippen LogP contribution is -2.08. The number of tetrazole rings is 1. The Labute approximate surface area is 132 Å². The first-order chi connectivity index (χ1) is 10.6. The van der Waals surface area contributed by atoms with E-state index in [4.69, 9.17) is 0 Å². The molecule has 116 valence electrons. The Morgan fingerprint density at radius 2 is 2.18 bits per heavy atom. The summed E-state index contributed by atoms with van der Waals surface area (Å²) >= 11 is 1.54. The number of rotatable bonds is 5. The van der Waals surface area contributed by atoms with E-state index in [-0.39, 0.29) is 15.9 Å². The Hall–Kier alpha value is -1.96. The van der Waals surface area contributed by atoms with Crippen molar-refractivity contribution in [3.05, 3.63) is 39.9 Å². The molecule has 0 N–H and O–H groups in total. The van der Waals surface area contributed by atoms with Crippen LogP contribution in [0.3, 0.4) is 0 Å². The van der Waals surface area contributed by atoms with Gasteiger partial charge < -0.3 is 0 Å². The Kier molecular flexibility index (Phi) is 4.37. The molecule has 2 aromatic rings. The number of nitrogens with zero attached hydrogens (tertiary/aromatic N) is 5. The lowest BCUT2D eigenvalue weighted by Gasteiger charge is -2.14. The summed E-state index contributed by atoms with van der Waals surface area (Å²) in [6, 6.07) is 7.11. The van der Waals surface area contributed by atoms with Crippen molar-refractivity contribution < 1.29 is 4.92 Å². The van der Waals surface area contributed by atoms with Crippen molar-refractivity contribution in [2.24, 2.45) is 0 Å². The maximum Gasteiger partial charge on any atom is 0.269 e. The van der Waals surface area contributed by atoms with E-state index in [0.717, 1.165) is 23.6 Å². The van der Waals surface area contributed by atoms with Gasteiger partial charge in [0, 0.05) is 17.4 Å². The molecule has 0 saturated heterocycles. The first kappa shape index (κ1) is 15.0. The van der Waals surface area contributed by atoms with Crippen LogP contribution in [-0.2, 0) is 0 Å². The molecule has 1 aliphatic carbocycles. The average molecular weight is 319 g/mol. The first-order valence-electron chi connectivity index (χ1n) is 7.34. The predicted octanol–water partition coefficient (Wildman–Crippen LogP) is 3.55. The van der Waals surface area contributed by atoms with Gasteiger partial charge in [0.15, 0.2) is 0 Å². The zero-order valence-corrected chi connectivity index (χ0v) is 13.1. The van der Waals surface area contributed by atoms with Gasteiger partial charge in [-0.3, -0.25) is 10.1 Å². The van der Waals surface area contributed by atoms with Crippen LogP contribution in [0.25, 0.3) is 0 Å². The van der Waals surface area contributed by atoms with E-state index in [1.165, 1.54) is 18.9 Å². The Morgan fingerprint density at radius 1 is 1.41 bits per heavy atom. The number of aromatic nitrogens is 4. The molecule has 0 radical (unpaired) electrons. The van der Waals surface area contributed by atoms with Gasteiger partial charge in [-0.05, 0) is 35.8 Å². The lowest BCUT2D eigenvalue weighted by atomic mass is 10.1. The van der Waals surface area contributed by atoms with Gasteiger partial charge in [0.05, 0.1) is 11.0 Å². The van der Waals surface area contributed by atoms with Crippen molar-refractivity contribution in [2.75, 3.05) is 0 Å². The highest BCUT2D eigenvalue weighted by Gasteiger charge is 2.23. The van der Waals surface area contributed by atoms with Gasteiger partial charge in [0.2, 0.25) is 5.16 Å². The molecular formula is C14H17N5O2S. The molecule has 1 atom stereocenters. The molecule has 0 bridgehead atoms. The van der Waals surface area contributed by atoms with Crippen molar-refractivity contribution >= 4 is 17.4 Å². The second-order valence-electron chi connectivity index (χ2n) is 5.46. The quantitative estimate of drug-likeness (QED) is 0.476. The van der Waals surface area contributed by atoms with Gasteiger partial charge in [-0.15, -0.1) is 5.10 Å². The summed E-state index contributed by atoms with van der Waals surface area (Å²) in [6.45, 7) is 2.01. The molecule has 7 nitrogen and oxygen atoms in total. The van der Waals surface area contributed by atoms with Crippen molar-refractivity contribution in [1.82, 2.24) is 20.2 Å². The molecule has 1 aromatic heterocycles. The highest BCUT2D eigenvalue weighted by molar-refractivity contribution is 7.99. The smallest absolute Gasteiger partial charge is 0.258 e. The van der Waals surface area contributed by atoms with Crippen molar-refractivity contribution in [3.8, 4) is 0 Å². The summed E-state index contributed by atoms with van der Waals surface area (Å²) in [4.78, 5) is 10.5. The third kappa shape index (κ3) is 3.11. The van der Waals surface area contributed by atoms with E-state index in [2.05, 4.69) is 15.5 Å². The summed E-state index contributed by atoms with van der Waals surface area (Å²) in [5.41, 5.74) is 1.01. The summed E-state index contributed by atoms with van der Waals surface area (Å²) in [5.74, 6) is 0. The number of hydrogen-bond donors (Lipinski definition) is 0. The van der Waals surface area contributed by atoms with E-state index >= 15 is 0 Å². The van der Waals surface area contributed by atoms with Crippen LogP contribution in [-0.4, -0.2) is 25.1 Å². The third-order valence-electron chi connectivity index (χ3n) is 3.97. The molecule has 0 spiro atoms. The summed E-state index contributed by atoms with van der Waals surface area (Å²) in [5, 5.41) is 23.7. The highest BCUT2D eigenvalue weighted by Crippen LogP contribution is 2.37. The molecule has 8 heteroatoms. The molecule has 1 aromatic carbocycles. The van der Waals surface area contributed by atoms with Gasteiger partial charge >= 0.3 is 0 Å². The van der Waals surface area contributed by atoms with Gasteiger partial charge in [-0.2, -0.15) is 0 Å². The number of nitro groups is 1. The number of nitro benzene ring substituents is 1. The molecule has 1 aliphatic rings. The van der Waals surface area contributed by atoms with Crippen LogP contribution < -0.4 is 0 Å². The fourth-order valence-electron chi connectivity index (χ4n) is 2.76. The Bertz CT molecular complexity index is 669. The van der Waals surface area contributed by atoms with Crippen molar-refractivity contribution in [3.63, 3.8) is 0 Å². The minimum atomic E-state index is -0.372. The largest absolute Gasteiger partial charge is 0.269 e. The van der Waals surface area contributed by atoms with Gasteiger partial charge in [0.1, 0.15) is 0 Å². The standard InChI is InChI=1S/C14H17N5O2S/c1-10(11-5-4-8-13(9-11)19(20)21)22-14-15-16-17-18(14)12-6-2-3-7-12/h4-5,8-10,12H,2-3,6-7H2,1H3/t10-/m1/s1. The molecule has 22 heavy (non-hydrogen) atoms. The fourth-order valence-corrected chi connectivity index (χ4v) is 3.73. The summed E-state index contributed by atoms with van der Waals surface area (Å²) < 4.78 is 1.91. The minimum absolute atomic E-state index is 0.0473. The maximum atomic E-state index is 10.9. The molecule has 0 unspecified atom stereocenters. The van der Waals surface area contributed by atoms with Gasteiger partial charge in [0.25, 0.3) is 5.69 Å². The average Bonchev–Trinajstić information content (AvgIpc) is 3.18. The molecular weight excluding hydrogens is 302 g/mol. The second kappa shape index (κ2) is 6.43. The van der Waals surface area contributed by atoms with E-state index < -0.39 is 0 Å². The van der Waals surface area contributed by atoms with Crippen molar-refractivity contribution in [1.29, 1.82) is 0 Å². The number of benzene rings is 1. The monoisotopic (exact) mass is 319 g/mol. The van der Waals surface area contributed by atoms with Crippen LogP contribution in [0.5, 0.6) is 0 Å². The first-order valence-corrected chi connectivity index (χ1v) is 8.22. The number of non-ortho nitro benzene ring substituents is 1. The van der Waals surface area contributed by atoms with Crippen LogP contribution in [0, 0.1) is 10.1 Å². The van der Waals surface area contributed by atoms with Gasteiger partial charge in [-0.25, -0.2) is 4.68 Å². The lowest BCUT2D eigenvalue weighted by molar-refractivity contribution is -0.384. The van der Waals surface area contributed by atoms with E-state index in [1.807, 2.05) is 17.7 Å². The van der Waals surface area contributed by atoms with Gasteiger partial charge in [-0.1, -0.05) is 36.7 Å². The second-order valence-corrected chi connectivity index (χ2v) is 6.76.